The number of carbonyl (C=O) groups is 1. The van der Waals surface area contributed by atoms with Crippen molar-refractivity contribution in [2.75, 3.05) is 30.7 Å². The van der Waals surface area contributed by atoms with Crippen LogP contribution < -0.4 is 15.1 Å². The molecule has 3 heterocycles. The maximum atomic E-state index is 12.8. The summed E-state index contributed by atoms with van der Waals surface area (Å²) in [6, 6.07) is 17.4. The van der Waals surface area contributed by atoms with E-state index in [0.717, 1.165) is 65.6 Å². The molecule has 0 aliphatic carbocycles. The molecule has 2 aromatic carbocycles. The van der Waals surface area contributed by atoms with Gasteiger partial charge in [0.15, 0.2) is 0 Å². The fourth-order valence-corrected chi connectivity index (χ4v) is 5.58. The molecule has 2 N–H and O–H groups in total. The highest BCUT2D eigenvalue weighted by molar-refractivity contribution is 7.15. The molecule has 1 fully saturated rings. The predicted octanol–water partition coefficient (Wildman–Crippen LogP) is 6.67. The second kappa shape index (κ2) is 12.2. The summed E-state index contributed by atoms with van der Waals surface area (Å²) in [4.78, 5) is 22.9. The number of ether oxygens (including phenoxy) is 2. The zero-order chi connectivity index (χ0) is 26.3. The molecule has 1 aliphatic rings. The highest BCUT2D eigenvalue weighted by Gasteiger charge is 2.20. The summed E-state index contributed by atoms with van der Waals surface area (Å²) in [7, 11) is 1.58. The summed E-state index contributed by atoms with van der Waals surface area (Å²) in [5, 5.41) is 15.1. The highest BCUT2D eigenvalue weighted by atomic mass is 32.1. The van der Waals surface area contributed by atoms with E-state index in [4.69, 9.17) is 14.5 Å². The van der Waals surface area contributed by atoms with Crippen molar-refractivity contribution >= 4 is 28.7 Å². The van der Waals surface area contributed by atoms with Gasteiger partial charge in [0.2, 0.25) is 0 Å². The van der Waals surface area contributed by atoms with Gasteiger partial charge >= 0.3 is 6.03 Å². The maximum Gasteiger partial charge on any atom is 0.350 e. The first-order valence-corrected chi connectivity index (χ1v) is 13.4. The van der Waals surface area contributed by atoms with Gasteiger partial charge in [0.25, 0.3) is 0 Å². The molecule has 196 valence electrons. The van der Waals surface area contributed by atoms with Crippen molar-refractivity contribution in [3.8, 4) is 27.4 Å². The van der Waals surface area contributed by atoms with Crippen LogP contribution in [0.2, 0.25) is 0 Å². The number of thiazole rings is 1. The Bertz CT molecular complexity index is 1350. The number of nitrogens with zero attached hydrogens (tertiary/aromatic N) is 3. The summed E-state index contributed by atoms with van der Waals surface area (Å²) in [6.45, 7) is 1.68. The van der Waals surface area contributed by atoms with Crippen LogP contribution in [0, 0.1) is 5.92 Å². The molecular weight excluding hydrogens is 500 g/mol. The van der Waals surface area contributed by atoms with Crippen LogP contribution in [0.1, 0.15) is 24.3 Å². The quantitative estimate of drug-likeness (QED) is 0.195. The van der Waals surface area contributed by atoms with Crippen molar-refractivity contribution in [3.05, 3.63) is 78.1 Å². The minimum Gasteiger partial charge on any atom is -0.497 e. The van der Waals surface area contributed by atoms with E-state index in [9.17, 15) is 10.0 Å². The van der Waals surface area contributed by atoms with Gasteiger partial charge in [-0.15, -0.1) is 11.3 Å². The SMILES string of the molecule is COc1ccc(NC(=O)N(O)c2cccc(-c3sc(CCC4CCOCC4)nc3-c3ccncc3)c2)cc1. The molecule has 0 spiro atoms. The highest BCUT2D eigenvalue weighted by Crippen LogP contribution is 2.39. The Morgan fingerprint density at radius 2 is 1.87 bits per heavy atom. The lowest BCUT2D eigenvalue weighted by Gasteiger charge is -2.21. The molecule has 38 heavy (non-hydrogen) atoms. The van der Waals surface area contributed by atoms with Crippen molar-refractivity contribution in [1.82, 2.24) is 9.97 Å². The second-order valence-electron chi connectivity index (χ2n) is 9.14. The molecule has 5 rings (SSSR count). The fourth-order valence-electron chi connectivity index (χ4n) is 4.48. The van der Waals surface area contributed by atoms with Gasteiger partial charge in [0.1, 0.15) is 5.75 Å². The lowest BCUT2D eigenvalue weighted by Crippen LogP contribution is -2.31. The van der Waals surface area contributed by atoms with Crippen molar-refractivity contribution in [2.45, 2.75) is 25.7 Å². The van der Waals surface area contributed by atoms with E-state index in [2.05, 4.69) is 10.3 Å². The Morgan fingerprint density at radius 3 is 2.61 bits per heavy atom. The molecule has 4 aromatic rings. The number of hydrogen-bond acceptors (Lipinski definition) is 7. The Labute approximate surface area is 225 Å². The first kappa shape index (κ1) is 25.8. The summed E-state index contributed by atoms with van der Waals surface area (Å²) in [6.07, 6.45) is 7.71. The lowest BCUT2D eigenvalue weighted by molar-refractivity contribution is 0.0640. The topological polar surface area (TPSA) is 96.8 Å². The molecule has 2 aromatic heterocycles. The van der Waals surface area contributed by atoms with E-state index in [1.165, 1.54) is 0 Å². The van der Waals surface area contributed by atoms with Gasteiger partial charge in [-0.1, -0.05) is 12.1 Å². The minimum atomic E-state index is -0.664. The van der Waals surface area contributed by atoms with Crippen LogP contribution in [-0.2, 0) is 11.2 Å². The third kappa shape index (κ3) is 6.19. The standard InChI is InChI=1S/C29H30N4O4S/c1-36-25-8-6-23(7-9-25)31-29(34)33(35)24-4-2-3-22(19-24)28-27(21-11-15-30-16-12-21)32-26(38-28)10-5-20-13-17-37-18-14-20/h2-4,6-9,11-12,15-16,19-20,35H,5,10,13-14,17-18H2,1H3,(H,31,34). The van der Waals surface area contributed by atoms with Gasteiger partial charge < -0.3 is 14.8 Å². The average molecular weight is 531 g/mol. The molecule has 9 heteroatoms. The number of urea groups is 1. The monoisotopic (exact) mass is 530 g/mol. The van der Waals surface area contributed by atoms with Crippen molar-refractivity contribution in [1.29, 1.82) is 0 Å². The number of nitrogens with one attached hydrogen (secondary N) is 1. The predicted molar refractivity (Wildman–Crippen MR) is 149 cm³/mol. The summed E-state index contributed by atoms with van der Waals surface area (Å²) < 4.78 is 10.7. The molecule has 8 nitrogen and oxygen atoms in total. The molecular formula is C29H30N4O4S. The molecule has 0 unspecified atom stereocenters. The summed E-state index contributed by atoms with van der Waals surface area (Å²) >= 11 is 1.66. The van der Waals surface area contributed by atoms with Gasteiger partial charge in [0, 0.05) is 36.9 Å². The van der Waals surface area contributed by atoms with Gasteiger partial charge in [-0.2, -0.15) is 5.06 Å². The number of aromatic nitrogens is 2. The Morgan fingerprint density at radius 1 is 1.11 bits per heavy atom. The molecule has 1 aliphatic heterocycles. The van der Waals surface area contributed by atoms with Gasteiger partial charge in [0.05, 0.1) is 28.4 Å². The number of carbonyl (C=O) groups excluding carboxylic acids is 1. The maximum absolute atomic E-state index is 12.8. The lowest BCUT2D eigenvalue weighted by atomic mass is 9.95. The zero-order valence-electron chi connectivity index (χ0n) is 21.2. The zero-order valence-corrected chi connectivity index (χ0v) is 22.0. The average Bonchev–Trinajstić information content (AvgIpc) is 3.41. The third-order valence-corrected chi connectivity index (χ3v) is 7.78. The number of hydroxylamine groups is 1. The second-order valence-corrected chi connectivity index (χ2v) is 10.2. The van der Waals surface area contributed by atoms with Crippen molar-refractivity contribution in [3.63, 3.8) is 0 Å². The number of pyridine rings is 1. The largest absolute Gasteiger partial charge is 0.497 e. The number of anilines is 2. The molecule has 0 bridgehead atoms. The van der Waals surface area contributed by atoms with Crippen molar-refractivity contribution < 1.29 is 19.5 Å². The number of methoxy groups -OCH3 is 1. The van der Waals surface area contributed by atoms with Gasteiger partial charge in [-0.05, 0) is 85.7 Å². The number of benzene rings is 2. The van der Waals surface area contributed by atoms with Crippen LogP contribution >= 0.6 is 11.3 Å². The summed E-state index contributed by atoms with van der Waals surface area (Å²) in [5.41, 5.74) is 3.63. The van der Waals surface area contributed by atoms with Gasteiger partial charge in [-0.25, -0.2) is 9.78 Å². The number of aryl methyl sites for hydroxylation is 1. The van der Waals surface area contributed by atoms with Crippen molar-refractivity contribution in [2.24, 2.45) is 5.92 Å². The smallest absolute Gasteiger partial charge is 0.350 e. The first-order chi connectivity index (χ1) is 18.6. The van der Waals surface area contributed by atoms with Crippen LogP contribution in [0.15, 0.2) is 73.1 Å². The molecule has 0 saturated carbocycles. The van der Waals surface area contributed by atoms with E-state index >= 15 is 0 Å². The molecule has 0 radical (unpaired) electrons. The van der Waals surface area contributed by atoms with Crippen LogP contribution in [-0.4, -0.2) is 41.5 Å². The Kier molecular flexibility index (Phi) is 8.28. The van der Waals surface area contributed by atoms with Crippen LogP contribution in [0.5, 0.6) is 5.75 Å². The van der Waals surface area contributed by atoms with Crippen LogP contribution in [0.25, 0.3) is 21.7 Å². The van der Waals surface area contributed by atoms with Crippen LogP contribution in [0.4, 0.5) is 16.2 Å². The Balaban J connectivity index is 1.38. The normalized spacial score (nSPS) is 13.7. The Hall–Kier alpha value is -3.79. The van der Waals surface area contributed by atoms with E-state index in [-0.39, 0.29) is 0 Å². The van der Waals surface area contributed by atoms with E-state index in [1.807, 2.05) is 24.3 Å². The number of amides is 2. The van der Waals surface area contributed by atoms with Gasteiger partial charge in [-0.3, -0.25) is 10.2 Å². The number of hydrogen-bond donors (Lipinski definition) is 2. The molecule has 1 saturated heterocycles. The molecule has 0 atom stereocenters. The molecule has 2 amide bonds. The van der Waals surface area contributed by atoms with E-state index < -0.39 is 6.03 Å². The van der Waals surface area contributed by atoms with E-state index in [1.54, 1.807) is 67.2 Å². The minimum absolute atomic E-state index is 0.353. The number of rotatable bonds is 8. The van der Waals surface area contributed by atoms with Crippen LogP contribution in [0.3, 0.4) is 0 Å². The fraction of sp³-hybridized carbons (Fsp3) is 0.276. The first-order valence-electron chi connectivity index (χ1n) is 12.6. The third-order valence-electron chi connectivity index (χ3n) is 6.62. The van der Waals surface area contributed by atoms with E-state index in [0.29, 0.717) is 28.1 Å². The summed E-state index contributed by atoms with van der Waals surface area (Å²) in [5.74, 6) is 1.34.